The summed E-state index contributed by atoms with van der Waals surface area (Å²) >= 11 is 0. The van der Waals surface area contributed by atoms with Gasteiger partial charge < -0.3 is 19.5 Å². The van der Waals surface area contributed by atoms with E-state index in [2.05, 4.69) is 5.32 Å². The molecule has 0 saturated heterocycles. The maximum absolute atomic E-state index is 12.3. The van der Waals surface area contributed by atoms with Crippen molar-refractivity contribution in [2.75, 3.05) is 20.3 Å². The third kappa shape index (κ3) is 5.50. The average Bonchev–Trinajstić information content (AvgIpc) is 2.65. The minimum absolute atomic E-state index is 0.153. The third-order valence-corrected chi connectivity index (χ3v) is 3.67. The van der Waals surface area contributed by atoms with Crippen LogP contribution < -0.4 is 14.8 Å². The van der Waals surface area contributed by atoms with Gasteiger partial charge in [0.15, 0.2) is 11.5 Å². The number of hydrogen-bond acceptors (Lipinski definition) is 4. The standard InChI is InChI=1S/C20H25NO4/c1-4-24-14-16-8-6-15(7-9-16)13-21-20(22)17-10-11-18(25-5-2)19(12-17)23-3/h6-12H,4-5,13-14H2,1-3H3,(H,21,22). The molecule has 0 saturated carbocycles. The highest BCUT2D eigenvalue weighted by Gasteiger charge is 2.11. The van der Waals surface area contributed by atoms with Crippen molar-refractivity contribution in [3.63, 3.8) is 0 Å². The Morgan fingerprint density at radius 3 is 2.32 bits per heavy atom. The summed E-state index contributed by atoms with van der Waals surface area (Å²) in [7, 11) is 1.56. The highest BCUT2D eigenvalue weighted by atomic mass is 16.5. The average molecular weight is 343 g/mol. The van der Waals surface area contributed by atoms with Crippen molar-refractivity contribution >= 4 is 5.91 Å². The Morgan fingerprint density at radius 1 is 0.960 bits per heavy atom. The molecule has 0 radical (unpaired) electrons. The zero-order valence-electron chi connectivity index (χ0n) is 15.0. The van der Waals surface area contributed by atoms with Crippen LogP contribution in [0.25, 0.3) is 0 Å². The van der Waals surface area contributed by atoms with E-state index in [1.807, 2.05) is 38.1 Å². The third-order valence-electron chi connectivity index (χ3n) is 3.67. The highest BCUT2D eigenvalue weighted by Crippen LogP contribution is 2.28. The molecular formula is C20H25NO4. The number of methoxy groups -OCH3 is 1. The molecule has 1 N–H and O–H groups in total. The number of hydrogen-bond donors (Lipinski definition) is 1. The Morgan fingerprint density at radius 2 is 1.68 bits per heavy atom. The second-order valence-corrected chi connectivity index (χ2v) is 5.43. The van der Waals surface area contributed by atoms with E-state index in [-0.39, 0.29) is 5.91 Å². The van der Waals surface area contributed by atoms with Crippen LogP contribution in [0.1, 0.15) is 35.3 Å². The first-order chi connectivity index (χ1) is 12.2. The van der Waals surface area contributed by atoms with E-state index in [0.717, 1.165) is 11.1 Å². The summed E-state index contributed by atoms with van der Waals surface area (Å²) < 4.78 is 16.1. The Bertz CT molecular complexity index is 683. The maximum atomic E-state index is 12.3. The quantitative estimate of drug-likeness (QED) is 0.756. The first kappa shape index (κ1) is 18.8. The van der Waals surface area contributed by atoms with Crippen LogP contribution in [0.4, 0.5) is 0 Å². The van der Waals surface area contributed by atoms with E-state index in [1.165, 1.54) is 0 Å². The van der Waals surface area contributed by atoms with E-state index in [4.69, 9.17) is 14.2 Å². The number of benzene rings is 2. The molecule has 25 heavy (non-hydrogen) atoms. The predicted octanol–water partition coefficient (Wildman–Crippen LogP) is 3.56. The van der Waals surface area contributed by atoms with Gasteiger partial charge in [0.2, 0.25) is 0 Å². The molecule has 0 fully saturated rings. The molecule has 2 aromatic carbocycles. The number of ether oxygens (including phenoxy) is 3. The van der Waals surface area contributed by atoms with Crippen LogP contribution in [0, 0.1) is 0 Å². The van der Waals surface area contributed by atoms with Crippen molar-refractivity contribution in [2.24, 2.45) is 0 Å². The van der Waals surface area contributed by atoms with Gasteiger partial charge in [-0.05, 0) is 43.2 Å². The van der Waals surface area contributed by atoms with Crippen molar-refractivity contribution < 1.29 is 19.0 Å². The lowest BCUT2D eigenvalue weighted by Gasteiger charge is -2.11. The van der Waals surface area contributed by atoms with Gasteiger partial charge in [0, 0.05) is 18.7 Å². The fraction of sp³-hybridized carbons (Fsp3) is 0.350. The van der Waals surface area contributed by atoms with Crippen LogP contribution in [0.15, 0.2) is 42.5 Å². The molecule has 2 aromatic rings. The Hall–Kier alpha value is -2.53. The van der Waals surface area contributed by atoms with Crippen molar-refractivity contribution in [1.29, 1.82) is 0 Å². The van der Waals surface area contributed by atoms with Crippen LogP contribution >= 0.6 is 0 Å². The van der Waals surface area contributed by atoms with Gasteiger partial charge in [-0.2, -0.15) is 0 Å². The van der Waals surface area contributed by atoms with Crippen molar-refractivity contribution in [2.45, 2.75) is 27.0 Å². The van der Waals surface area contributed by atoms with Crippen molar-refractivity contribution in [1.82, 2.24) is 5.32 Å². The lowest BCUT2D eigenvalue weighted by Crippen LogP contribution is -2.22. The van der Waals surface area contributed by atoms with Crippen LogP contribution in [0.5, 0.6) is 11.5 Å². The predicted molar refractivity (Wildman–Crippen MR) is 97.1 cm³/mol. The van der Waals surface area contributed by atoms with Crippen molar-refractivity contribution in [3.05, 3.63) is 59.2 Å². The van der Waals surface area contributed by atoms with E-state index < -0.39 is 0 Å². The van der Waals surface area contributed by atoms with Gasteiger partial charge in [0.1, 0.15) is 0 Å². The van der Waals surface area contributed by atoms with Crippen LogP contribution in [0.3, 0.4) is 0 Å². The first-order valence-corrected chi connectivity index (χ1v) is 8.42. The maximum Gasteiger partial charge on any atom is 0.251 e. The molecule has 0 bridgehead atoms. The molecule has 0 unspecified atom stereocenters. The molecule has 0 atom stereocenters. The molecule has 0 aliphatic rings. The summed E-state index contributed by atoms with van der Waals surface area (Å²) in [4.78, 5) is 12.3. The van der Waals surface area contributed by atoms with Gasteiger partial charge in [-0.15, -0.1) is 0 Å². The normalized spacial score (nSPS) is 10.4. The van der Waals surface area contributed by atoms with Crippen molar-refractivity contribution in [3.8, 4) is 11.5 Å². The van der Waals surface area contributed by atoms with E-state index in [9.17, 15) is 4.79 Å². The zero-order chi connectivity index (χ0) is 18.1. The van der Waals surface area contributed by atoms with E-state index >= 15 is 0 Å². The molecular weight excluding hydrogens is 318 g/mol. The van der Waals surface area contributed by atoms with Gasteiger partial charge >= 0.3 is 0 Å². The number of carbonyl (C=O) groups excluding carboxylic acids is 1. The van der Waals surface area contributed by atoms with Crippen LogP contribution in [0.2, 0.25) is 0 Å². The number of nitrogens with one attached hydrogen (secondary N) is 1. The molecule has 0 aliphatic carbocycles. The summed E-state index contributed by atoms with van der Waals surface area (Å²) in [5, 5.41) is 2.91. The molecule has 0 spiro atoms. The fourth-order valence-electron chi connectivity index (χ4n) is 2.34. The fourth-order valence-corrected chi connectivity index (χ4v) is 2.34. The van der Waals surface area contributed by atoms with Gasteiger partial charge in [-0.3, -0.25) is 4.79 Å². The lowest BCUT2D eigenvalue weighted by atomic mass is 10.1. The molecule has 134 valence electrons. The molecule has 1 amide bonds. The summed E-state index contributed by atoms with van der Waals surface area (Å²) in [5.41, 5.74) is 2.69. The zero-order valence-corrected chi connectivity index (χ0v) is 15.0. The van der Waals surface area contributed by atoms with Crippen LogP contribution in [-0.2, 0) is 17.9 Å². The Labute approximate surface area is 148 Å². The lowest BCUT2D eigenvalue weighted by molar-refractivity contribution is 0.0950. The number of amides is 1. The summed E-state index contributed by atoms with van der Waals surface area (Å²) in [6, 6.07) is 13.2. The highest BCUT2D eigenvalue weighted by molar-refractivity contribution is 5.94. The summed E-state index contributed by atoms with van der Waals surface area (Å²) in [5.74, 6) is 1.03. The minimum Gasteiger partial charge on any atom is -0.493 e. The minimum atomic E-state index is -0.153. The monoisotopic (exact) mass is 343 g/mol. The van der Waals surface area contributed by atoms with Gasteiger partial charge in [-0.1, -0.05) is 24.3 Å². The second-order valence-electron chi connectivity index (χ2n) is 5.43. The molecule has 0 aliphatic heterocycles. The summed E-state index contributed by atoms with van der Waals surface area (Å²) in [6.45, 7) is 6.18. The van der Waals surface area contributed by atoms with Gasteiger partial charge in [0.25, 0.3) is 5.91 Å². The molecule has 5 heteroatoms. The smallest absolute Gasteiger partial charge is 0.251 e. The topological polar surface area (TPSA) is 56.8 Å². The molecule has 0 aromatic heterocycles. The summed E-state index contributed by atoms with van der Waals surface area (Å²) in [6.07, 6.45) is 0. The molecule has 2 rings (SSSR count). The van der Waals surface area contributed by atoms with Gasteiger partial charge in [0.05, 0.1) is 20.3 Å². The first-order valence-electron chi connectivity index (χ1n) is 8.42. The van der Waals surface area contributed by atoms with Gasteiger partial charge in [-0.25, -0.2) is 0 Å². The van der Waals surface area contributed by atoms with Crippen LogP contribution in [-0.4, -0.2) is 26.2 Å². The largest absolute Gasteiger partial charge is 0.493 e. The molecule has 0 heterocycles. The second kappa shape index (κ2) is 9.69. The van der Waals surface area contributed by atoms with E-state index in [0.29, 0.717) is 43.4 Å². The number of carbonyl (C=O) groups is 1. The Kier molecular flexibility index (Phi) is 7.29. The van der Waals surface area contributed by atoms with E-state index in [1.54, 1.807) is 25.3 Å². The Balaban J connectivity index is 1.95. The number of rotatable bonds is 9. The molecule has 5 nitrogen and oxygen atoms in total. The SMILES string of the molecule is CCOCc1ccc(CNC(=O)c2ccc(OCC)c(OC)c2)cc1.